The minimum absolute atomic E-state index is 0.00922. The first-order valence-corrected chi connectivity index (χ1v) is 9.14. The summed E-state index contributed by atoms with van der Waals surface area (Å²) in [5.74, 6) is 1.43. The number of nitrogens with one attached hydrogen (secondary N) is 1. The van der Waals surface area contributed by atoms with Gasteiger partial charge in [0.1, 0.15) is 11.5 Å². The first-order chi connectivity index (χ1) is 13.5. The topological polar surface area (TPSA) is 71.6 Å². The third-order valence-corrected chi connectivity index (χ3v) is 4.68. The predicted molar refractivity (Wildman–Crippen MR) is 109 cm³/mol. The number of hydrogen-bond acceptors (Lipinski definition) is 4. The van der Waals surface area contributed by atoms with Crippen LogP contribution >= 0.6 is 0 Å². The number of benzene rings is 2. The monoisotopic (exact) mass is 380 g/mol. The summed E-state index contributed by atoms with van der Waals surface area (Å²) in [5.41, 5.74) is 2.03. The Balaban J connectivity index is 1.88. The summed E-state index contributed by atoms with van der Waals surface area (Å²) in [6.45, 7) is 2.49. The van der Waals surface area contributed by atoms with Crippen molar-refractivity contribution in [2.75, 3.05) is 14.2 Å². The fourth-order valence-corrected chi connectivity index (χ4v) is 3.08. The minimum atomic E-state index is -0.204. The van der Waals surface area contributed by atoms with E-state index in [1.807, 2.05) is 49.4 Å². The Morgan fingerprint density at radius 2 is 1.64 bits per heavy atom. The maximum Gasteiger partial charge on any atom is 0.253 e. The van der Waals surface area contributed by atoms with Crippen LogP contribution in [0.5, 0.6) is 11.5 Å². The van der Waals surface area contributed by atoms with E-state index in [1.165, 1.54) is 0 Å². The number of fused-ring (bicyclic) bond motifs is 1. The van der Waals surface area contributed by atoms with E-state index in [0.29, 0.717) is 29.8 Å². The Morgan fingerprint density at radius 3 is 2.29 bits per heavy atom. The van der Waals surface area contributed by atoms with Gasteiger partial charge in [0.05, 0.1) is 26.3 Å². The van der Waals surface area contributed by atoms with E-state index >= 15 is 0 Å². The first-order valence-electron chi connectivity index (χ1n) is 9.14. The molecule has 1 amide bonds. The van der Waals surface area contributed by atoms with Crippen molar-refractivity contribution in [2.24, 2.45) is 0 Å². The zero-order chi connectivity index (χ0) is 20.1. The smallest absolute Gasteiger partial charge is 0.253 e. The number of rotatable bonds is 7. The molecule has 0 saturated heterocycles. The van der Waals surface area contributed by atoms with Gasteiger partial charge in [0.15, 0.2) is 0 Å². The van der Waals surface area contributed by atoms with E-state index in [1.54, 1.807) is 25.2 Å². The summed E-state index contributed by atoms with van der Waals surface area (Å²) < 4.78 is 10.4. The van der Waals surface area contributed by atoms with Crippen LogP contribution in [0.1, 0.15) is 24.5 Å². The third-order valence-electron chi connectivity index (χ3n) is 4.68. The molecule has 0 bridgehead atoms. The van der Waals surface area contributed by atoms with E-state index in [4.69, 9.17) is 9.47 Å². The summed E-state index contributed by atoms with van der Waals surface area (Å²) in [4.78, 5) is 29.6. The normalized spacial score (nSPS) is 10.7. The molecule has 0 aliphatic rings. The van der Waals surface area contributed by atoms with Crippen LogP contribution < -0.4 is 15.0 Å². The molecular formula is C22H24N2O4. The predicted octanol–water partition coefficient (Wildman–Crippen LogP) is 3.48. The molecule has 0 saturated carbocycles. The number of carbonyl (C=O) groups is 1. The zero-order valence-corrected chi connectivity index (χ0v) is 16.3. The Hall–Kier alpha value is -3.28. The first kappa shape index (κ1) is 19.5. The highest BCUT2D eigenvalue weighted by Crippen LogP contribution is 2.20. The SMILES string of the molecule is CCC(=O)N(Cc1ccc(OC)cc1)Cc1cc2ccc(OC)cc2[nH]c1=O. The van der Waals surface area contributed by atoms with Crippen molar-refractivity contribution in [2.45, 2.75) is 26.4 Å². The van der Waals surface area contributed by atoms with E-state index in [-0.39, 0.29) is 18.0 Å². The number of nitrogens with zero attached hydrogens (tertiary/aromatic N) is 1. The molecule has 6 nitrogen and oxygen atoms in total. The lowest BCUT2D eigenvalue weighted by Crippen LogP contribution is -2.31. The van der Waals surface area contributed by atoms with Gasteiger partial charge >= 0.3 is 0 Å². The van der Waals surface area contributed by atoms with E-state index in [0.717, 1.165) is 16.7 Å². The maximum atomic E-state index is 12.6. The van der Waals surface area contributed by atoms with Gasteiger partial charge in [0.2, 0.25) is 5.91 Å². The molecule has 2 aromatic carbocycles. The molecular weight excluding hydrogens is 356 g/mol. The standard InChI is InChI=1S/C22H24N2O4/c1-4-21(25)24(13-15-5-8-18(27-2)9-6-15)14-17-11-16-7-10-19(28-3)12-20(16)23-22(17)26/h5-12H,4,13-14H2,1-3H3,(H,23,26). The van der Waals surface area contributed by atoms with Crippen molar-refractivity contribution in [3.05, 3.63) is 70.0 Å². The van der Waals surface area contributed by atoms with Gasteiger partial charge in [-0.1, -0.05) is 19.1 Å². The average Bonchev–Trinajstić information content (AvgIpc) is 2.73. The number of pyridine rings is 1. The molecule has 1 heterocycles. The molecule has 0 aliphatic heterocycles. The van der Waals surface area contributed by atoms with Crippen molar-refractivity contribution in [1.29, 1.82) is 0 Å². The van der Waals surface area contributed by atoms with Gasteiger partial charge in [-0.25, -0.2) is 0 Å². The van der Waals surface area contributed by atoms with E-state index < -0.39 is 0 Å². The second-order valence-corrected chi connectivity index (χ2v) is 6.53. The number of carbonyl (C=O) groups excluding carboxylic acids is 1. The summed E-state index contributed by atoms with van der Waals surface area (Å²) in [7, 11) is 3.20. The van der Waals surface area contributed by atoms with Crippen molar-refractivity contribution < 1.29 is 14.3 Å². The molecule has 0 aliphatic carbocycles. The molecule has 3 aromatic rings. The Kier molecular flexibility index (Phi) is 5.99. The van der Waals surface area contributed by atoms with Gasteiger partial charge in [-0.05, 0) is 41.3 Å². The van der Waals surface area contributed by atoms with Gasteiger partial charge < -0.3 is 19.4 Å². The molecule has 1 aromatic heterocycles. The minimum Gasteiger partial charge on any atom is -0.497 e. The molecule has 0 atom stereocenters. The molecule has 3 rings (SSSR count). The van der Waals surface area contributed by atoms with Gasteiger partial charge in [0.25, 0.3) is 5.56 Å². The molecule has 0 unspecified atom stereocenters. The summed E-state index contributed by atoms with van der Waals surface area (Å²) in [5, 5.41) is 0.892. The zero-order valence-electron chi connectivity index (χ0n) is 16.3. The van der Waals surface area contributed by atoms with Gasteiger partial charge in [-0.3, -0.25) is 9.59 Å². The molecule has 0 spiro atoms. The van der Waals surface area contributed by atoms with E-state index in [2.05, 4.69) is 4.98 Å². The lowest BCUT2D eigenvalue weighted by molar-refractivity contribution is -0.132. The Bertz CT molecular complexity index is 1020. The molecule has 146 valence electrons. The average molecular weight is 380 g/mol. The fourth-order valence-electron chi connectivity index (χ4n) is 3.08. The van der Waals surface area contributed by atoms with Crippen molar-refractivity contribution in [3.8, 4) is 11.5 Å². The van der Waals surface area contributed by atoms with Crippen molar-refractivity contribution >= 4 is 16.8 Å². The van der Waals surface area contributed by atoms with Crippen molar-refractivity contribution in [3.63, 3.8) is 0 Å². The highest BCUT2D eigenvalue weighted by Gasteiger charge is 2.15. The second kappa shape index (κ2) is 8.61. The number of amides is 1. The quantitative estimate of drug-likeness (QED) is 0.681. The second-order valence-electron chi connectivity index (χ2n) is 6.53. The summed E-state index contributed by atoms with van der Waals surface area (Å²) in [6.07, 6.45) is 0.374. The Labute approximate surface area is 163 Å². The lowest BCUT2D eigenvalue weighted by Gasteiger charge is -2.22. The number of hydrogen-bond donors (Lipinski definition) is 1. The molecule has 0 fully saturated rings. The number of ether oxygens (including phenoxy) is 2. The van der Waals surface area contributed by atoms with Gasteiger partial charge in [-0.15, -0.1) is 0 Å². The van der Waals surface area contributed by atoms with Crippen LogP contribution in [0, 0.1) is 0 Å². The molecule has 28 heavy (non-hydrogen) atoms. The van der Waals surface area contributed by atoms with Crippen LogP contribution in [0.3, 0.4) is 0 Å². The third kappa shape index (κ3) is 4.34. The molecule has 6 heteroatoms. The van der Waals surface area contributed by atoms with Crippen LogP contribution in [0.15, 0.2) is 53.3 Å². The number of methoxy groups -OCH3 is 2. The summed E-state index contributed by atoms with van der Waals surface area (Å²) in [6, 6.07) is 14.9. The van der Waals surface area contributed by atoms with Crippen molar-refractivity contribution in [1.82, 2.24) is 9.88 Å². The maximum absolute atomic E-state index is 12.6. The lowest BCUT2D eigenvalue weighted by atomic mass is 10.1. The number of H-pyrrole nitrogens is 1. The van der Waals surface area contributed by atoms with Crippen LogP contribution in [-0.2, 0) is 17.9 Å². The number of aromatic nitrogens is 1. The fraction of sp³-hybridized carbons (Fsp3) is 0.273. The highest BCUT2D eigenvalue weighted by molar-refractivity contribution is 5.81. The van der Waals surface area contributed by atoms with Crippen LogP contribution in [0.4, 0.5) is 0 Å². The highest BCUT2D eigenvalue weighted by atomic mass is 16.5. The van der Waals surface area contributed by atoms with Crippen LogP contribution in [0.2, 0.25) is 0 Å². The summed E-state index contributed by atoms with van der Waals surface area (Å²) >= 11 is 0. The molecule has 1 N–H and O–H groups in total. The van der Waals surface area contributed by atoms with Gasteiger partial charge in [0, 0.05) is 24.6 Å². The largest absolute Gasteiger partial charge is 0.497 e. The van der Waals surface area contributed by atoms with E-state index in [9.17, 15) is 9.59 Å². The number of aromatic amines is 1. The Morgan fingerprint density at radius 1 is 0.964 bits per heavy atom. The molecule has 0 radical (unpaired) electrons. The van der Waals surface area contributed by atoms with Gasteiger partial charge in [-0.2, -0.15) is 0 Å². The van der Waals surface area contributed by atoms with Crippen LogP contribution in [0.25, 0.3) is 10.9 Å². The van der Waals surface area contributed by atoms with Crippen LogP contribution in [-0.4, -0.2) is 30.0 Å².